The van der Waals surface area contributed by atoms with Gasteiger partial charge in [0, 0.05) is 19.2 Å². The second-order valence-electron chi connectivity index (χ2n) is 4.59. The van der Waals surface area contributed by atoms with Crippen LogP contribution in [0, 0.1) is 10.1 Å². The van der Waals surface area contributed by atoms with E-state index in [-0.39, 0.29) is 10.6 Å². The van der Waals surface area contributed by atoms with Crippen LogP contribution in [0.2, 0.25) is 0 Å². The van der Waals surface area contributed by atoms with E-state index in [1.165, 1.54) is 0 Å². The molecule has 0 saturated carbocycles. The number of fused-ring (bicyclic) bond motifs is 1. The highest BCUT2D eigenvalue weighted by molar-refractivity contribution is 5.96. The fourth-order valence-electron chi connectivity index (χ4n) is 2.48. The van der Waals surface area contributed by atoms with Crippen LogP contribution in [0.5, 0.6) is 5.75 Å². The number of nitrogens with zero attached hydrogens (tertiary/aromatic N) is 2. The van der Waals surface area contributed by atoms with Crippen molar-refractivity contribution in [2.45, 2.75) is 0 Å². The summed E-state index contributed by atoms with van der Waals surface area (Å²) in [5, 5.41) is 12.0. The lowest BCUT2D eigenvalue weighted by Crippen LogP contribution is -2.36. The molecule has 1 aliphatic rings. The maximum atomic E-state index is 11.4. The standard InChI is InChI=1S/C13H15N3O4/c1-19-9-2-3-10-11(8-9)14-13(12(10)16(17)18)15-4-6-20-7-5-15/h2-3,8,14H,4-7H2,1H3. The Kier molecular flexibility index (Phi) is 3.19. The zero-order chi connectivity index (χ0) is 14.1. The van der Waals surface area contributed by atoms with Crippen molar-refractivity contribution in [2.75, 3.05) is 38.3 Å². The fourth-order valence-corrected chi connectivity index (χ4v) is 2.48. The molecule has 0 atom stereocenters. The van der Waals surface area contributed by atoms with Crippen molar-refractivity contribution in [3.8, 4) is 5.75 Å². The van der Waals surface area contributed by atoms with Crippen molar-refractivity contribution in [2.24, 2.45) is 0 Å². The second-order valence-corrected chi connectivity index (χ2v) is 4.59. The zero-order valence-corrected chi connectivity index (χ0v) is 11.1. The Morgan fingerprint density at radius 2 is 2.15 bits per heavy atom. The van der Waals surface area contributed by atoms with Gasteiger partial charge in [0.15, 0.2) is 5.82 Å². The molecule has 1 aromatic carbocycles. The van der Waals surface area contributed by atoms with Gasteiger partial charge >= 0.3 is 5.69 Å². The molecule has 1 fully saturated rings. The molecule has 1 aromatic heterocycles. The highest BCUT2D eigenvalue weighted by Gasteiger charge is 2.27. The molecule has 3 rings (SSSR count). The lowest BCUT2D eigenvalue weighted by molar-refractivity contribution is -0.382. The second kappa shape index (κ2) is 5.01. The monoisotopic (exact) mass is 277 g/mol. The Labute approximate surface area is 115 Å². The molecule has 0 amide bonds. The van der Waals surface area contributed by atoms with Gasteiger partial charge in [0.25, 0.3) is 0 Å². The van der Waals surface area contributed by atoms with E-state index in [9.17, 15) is 10.1 Å². The number of hydrogen-bond acceptors (Lipinski definition) is 5. The van der Waals surface area contributed by atoms with Gasteiger partial charge in [0.2, 0.25) is 0 Å². The number of ether oxygens (including phenoxy) is 2. The number of nitro groups is 1. The largest absolute Gasteiger partial charge is 0.497 e. The third-order valence-corrected chi connectivity index (χ3v) is 3.47. The van der Waals surface area contributed by atoms with Gasteiger partial charge in [0.05, 0.1) is 36.1 Å². The number of aromatic nitrogens is 1. The third-order valence-electron chi connectivity index (χ3n) is 3.47. The average Bonchev–Trinajstić information content (AvgIpc) is 2.86. The molecule has 7 nitrogen and oxygen atoms in total. The van der Waals surface area contributed by atoms with Crippen molar-refractivity contribution in [3.05, 3.63) is 28.3 Å². The van der Waals surface area contributed by atoms with Gasteiger partial charge in [-0.05, 0) is 12.1 Å². The van der Waals surface area contributed by atoms with E-state index in [0.29, 0.717) is 48.8 Å². The van der Waals surface area contributed by atoms with E-state index in [2.05, 4.69) is 4.98 Å². The number of rotatable bonds is 3. The predicted molar refractivity (Wildman–Crippen MR) is 74.5 cm³/mol. The lowest BCUT2D eigenvalue weighted by atomic mass is 10.2. The van der Waals surface area contributed by atoms with Crippen molar-refractivity contribution in [3.63, 3.8) is 0 Å². The first-order valence-electron chi connectivity index (χ1n) is 6.37. The van der Waals surface area contributed by atoms with Crippen molar-refractivity contribution in [1.29, 1.82) is 0 Å². The number of H-pyrrole nitrogens is 1. The van der Waals surface area contributed by atoms with Crippen LogP contribution in [-0.2, 0) is 4.74 Å². The van der Waals surface area contributed by atoms with Gasteiger partial charge in [-0.1, -0.05) is 0 Å². The van der Waals surface area contributed by atoms with Crippen LogP contribution >= 0.6 is 0 Å². The number of aromatic amines is 1. The van der Waals surface area contributed by atoms with Gasteiger partial charge in [-0.25, -0.2) is 0 Å². The minimum atomic E-state index is -0.337. The Bertz CT molecular complexity index is 646. The first kappa shape index (κ1) is 12.7. The number of nitrogens with one attached hydrogen (secondary N) is 1. The van der Waals surface area contributed by atoms with Crippen molar-refractivity contribution < 1.29 is 14.4 Å². The number of hydrogen-bond donors (Lipinski definition) is 1. The summed E-state index contributed by atoms with van der Waals surface area (Å²) in [7, 11) is 1.57. The molecule has 0 spiro atoms. The van der Waals surface area contributed by atoms with E-state index in [4.69, 9.17) is 9.47 Å². The van der Waals surface area contributed by atoms with Crippen LogP contribution in [0.1, 0.15) is 0 Å². The summed E-state index contributed by atoms with van der Waals surface area (Å²) in [5.74, 6) is 1.21. The molecular formula is C13H15N3O4. The number of methoxy groups -OCH3 is 1. The summed E-state index contributed by atoms with van der Waals surface area (Å²) in [5.41, 5.74) is 0.821. The zero-order valence-electron chi connectivity index (χ0n) is 11.1. The number of morpholine rings is 1. The van der Waals surface area contributed by atoms with Crippen LogP contribution in [0.25, 0.3) is 10.9 Å². The van der Waals surface area contributed by atoms with Gasteiger partial charge in [-0.15, -0.1) is 0 Å². The first-order chi connectivity index (χ1) is 9.70. The van der Waals surface area contributed by atoms with Gasteiger partial charge in [0.1, 0.15) is 5.75 Å². The van der Waals surface area contributed by atoms with E-state index in [1.54, 1.807) is 25.3 Å². The molecule has 1 aliphatic heterocycles. The lowest BCUT2D eigenvalue weighted by Gasteiger charge is -2.26. The molecule has 106 valence electrons. The SMILES string of the molecule is COc1ccc2c([N+](=O)[O-])c(N3CCOCC3)[nH]c2c1. The number of benzene rings is 1. The summed E-state index contributed by atoms with van der Waals surface area (Å²) in [6.45, 7) is 2.45. The van der Waals surface area contributed by atoms with E-state index in [0.717, 1.165) is 0 Å². The van der Waals surface area contributed by atoms with Crippen molar-refractivity contribution in [1.82, 2.24) is 4.98 Å². The molecule has 0 radical (unpaired) electrons. The normalized spacial score (nSPS) is 15.6. The van der Waals surface area contributed by atoms with Crippen LogP contribution in [0.15, 0.2) is 18.2 Å². The van der Waals surface area contributed by atoms with Gasteiger partial charge in [-0.2, -0.15) is 0 Å². The topological polar surface area (TPSA) is 80.6 Å². The summed E-state index contributed by atoms with van der Waals surface area (Å²) < 4.78 is 10.4. The molecule has 20 heavy (non-hydrogen) atoms. The number of anilines is 1. The summed E-state index contributed by atoms with van der Waals surface area (Å²) in [6, 6.07) is 5.21. The maximum absolute atomic E-state index is 11.4. The molecule has 1 saturated heterocycles. The van der Waals surface area contributed by atoms with E-state index < -0.39 is 0 Å². The Morgan fingerprint density at radius 1 is 1.40 bits per heavy atom. The highest BCUT2D eigenvalue weighted by Crippen LogP contribution is 2.37. The minimum Gasteiger partial charge on any atom is -0.497 e. The smallest absolute Gasteiger partial charge is 0.318 e. The molecule has 1 N–H and O–H groups in total. The quantitative estimate of drug-likeness (QED) is 0.684. The molecular weight excluding hydrogens is 262 g/mol. The van der Waals surface area contributed by atoms with Crippen LogP contribution in [0.3, 0.4) is 0 Å². The van der Waals surface area contributed by atoms with Crippen LogP contribution in [-0.4, -0.2) is 43.3 Å². The summed E-state index contributed by atoms with van der Waals surface area (Å²) in [6.07, 6.45) is 0. The van der Waals surface area contributed by atoms with Gasteiger partial charge in [-0.3, -0.25) is 10.1 Å². The summed E-state index contributed by atoms with van der Waals surface area (Å²) in [4.78, 5) is 16.1. The molecule has 2 heterocycles. The van der Waals surface area contributed by atoms with E-state index in [1.807, 2.05) is 4.90 Å². The molecule has 2 aromatic rings. The Balaban J connectivity index is 2.14. The van der Waals surface area contributed by atoms with Crippen LogP contribution < -0.4 is 9.64 Å². The third kappa shape index (κ3) is 2.05. The van der Waals surface area contributed by atoms with Crippen molar-refractivity contribution >= 4 is 22.4 Å². The van der Waals surface area contributed by atoms with Crippen LogP contribution in [0.4, 0.5) is 11.5 Å². The minimum absolute atomic E-state index is 0.115. The molecule has 0 bridgehead atoms. The van der Waals surface area contributed by atoms with Gasteiger partial charge < -0.3 is 19.4 Å². The highest BCUT2D eigenvalue weighted by atomic mass is 16.6. The molecule has 0 unspecified atom stereocenters. The Hall–Kier alpha value is -2.28. The maximum Gasteiger partial charge on any atom is 0.318 e. The molecule has 0 aliphatic carbocycles. The van der Waals surface area contributed by atoms with E-state index >= 15 is 0 Å². The average molecular weight is 277 g/mol. The molecule has 7 heteroatoms. The predicted octanol–water partition coefficient (Wildman–Crippen LogP) is 1.92. The Morgan fingerprint density at radius 3 is 2.80 bits per heavy atom. The first-order valence-corrected chi connectivity index (χ1v) is 6.37. The fraction of sp³-hybridized carbons (Fsp3) is 0.385. The summed E-state index contributed by atoms with van der Waals surface area (Å²) >= 11 is 0.